The summed E-state index contributed by atoms with van der Waals surface area (Å²) in [5.41, 5.74) is 3.87. The lowest BCUT2D eigenvalue weighted by atomic mass is 10.0. The SMILES string of the molecule is CN1CCCC1.Cc1c[nH]c2cccc(OC(=O)CC(=O)Oc3cccc4[nH]cc(C[C@H]5CCCN5C)c34)c12. The highest BCUT2D eigenvalue weighted by Crippen LogP contribution is 2.32. The number of aromatic nitrogens is 2. The van der Waals surface area contributed by atoms with Gasteiger partial charge in [0.1, 0.15) is 17.9 Å². The molecule has 0 amide bonds. The van der Waals surface area contributed by atoms with Gasteiger partial charge in [-0.05, 0) is 108 Å². The van der Waals surface area contributed by atoms with E-state index in [4.69, 9.17) is 9.47 Å². The van der Waals surface area contributed by atoms with Crippen LogP contribution < -0.4 is 9.47 Å². The van der Waals surface area contributed by atoms with E-state index in [0.29, 0.717) is 17.5 Å². The molecule has 6 rings (SSSR count). The molecule has 0 radical (unpaired) electrons. The van der Waals surface area contributed by atoms with E-state index in [2.05, 4.69) is 33.9 Å². The van der Waals surface area contributed by atoms with Crippen LogP contribution in [0.1, 0.15) is 43.2 Å². The summed E-state index contributed by atoms with van der Waals surface area (Å²) in [4.78, 5) is 36.3. The number of nitrogens with one attached hydrogen (secondary N) is 2. The molecule has 8 heteroatoms. The zero-order chi connectivity index (χ0) is 27.4. The van der Waals surface area contributed by atoms with Crippen LogP contribution >= 0.6 is 0 Å². The van der Waals surface area contributed by atoms with Crippen LogP contribution in [0.5, 0.6) is 11.5 Å². The number of rotatable bonds is 6. The number of likely N-dealkylation sites (tertiary alicyclic amines) is 2. The molecule has 2 aromatic carbocycles. The summed E-state index contributed by atoms with van der Waals surface area (Å²) in [6.45, 7) is 5.68. The number of likely N-dealkylation sites (N-methyl/N-ethyl adjacent to an activating group) is 1. The molecule has 8 nitrogen and oxygen atoms in total. The number of benzene rings is 2. The van der Waals surface area contributed by atoms with Gasteiger partial charge in [0.05, 0.1) is 0 Å². The van der Waals surface area contributed by atoms with Crippen LogP contribution in [-0.2, 0) is 16.0 Å². The Morgan fingerprint density at radius 2 is 1.46 bits per heavy atom. The fraction of sp³-hybridized carbons (Fsp3) is 0.419. The van der Waals surface area contributed by atoms with Gasteiger partial charge in [-0.3, -0.25) is 9.59 Å². The first-order valence-electron chi connectivity index (χ1n) is 13.8. The predicted molar refractivity (Wildman–Crippen MR) is 153 cm³/mol. The Hall–Kier alpha value is -3.62. The van der Waals surface area contributed by atoms with Crippen molar-refractivity contribution in [3.8, 4) is 11.5 Å². The van der Waals surface area contributed by atoms with E-state index in [1.165, 1.54) is 32.4 Å². The van der Waals surface area contributed by atoms with Gasteiger partial charge in [-0.1, -0.05) is 12.1 Å². The molecule has 2 N–H and O–H groups in total. The second-order valence-electron chi connectivity index (χ2n) is 10.8. The molecule has 4 aromatic rings. The van der Waals surface area contributed by atoms with Crippen molar-refractivity contribution >= 4 is 33.7 Å². The summed E-state index contributed by atoms with van der Waals surface area (Å²) in [7, 11) is 4.32. The molecule has 2 saturated heterocycles. The molecular weight excluding hydrogens is 492 g/mol. The third kappa shape index (κ3) is 6.34. The van der Waals surface area contributed by atoms with E-state index in [9.17, 15) is 9.59 Å². The van der Waals surface area contributed by atoms with E-state index in [0.717, 1.165) is 52.3 Å². The summed E-state index contributed by atoms with van der Waals surface area (Å²) < 4.78 is 11.1. The highest BCUT2D eigenvalue weighted by Gasteiger charge is 2.24. The quantitative estimate of drug-likeness (QED) is 0.202. The van der Waals surface area contributed by atoms with Crippen molar-refractivity contribution in [2.24, 2.45) is 0 Å². The average molecular weight is 531 g/mol. The largest absolute Gasteiger partial charge is 0.425 e. The average Bonchev–Trinajstić information content (AvgIpc) is 3.71. The van der Waals surface area contributed by atoms with Gasteiger partial charge in [0, 0.05) is 40.2 Å². The standard InChI is InChI=1S/C26H27N3O4.C5H11N/c1-16-14-27-19-7-3-9-21(25(16)19)32-23(30)13-24(31)33-22-10-4-8-20-26(22)17(15-28-20)12-18-6-5-11-29(18)2;1-6-4-2-3-5-6/h3-4,7-10,14-15,18,27-28H,5-6,11-13H2,1-2H3;2-5H2,1H3/t18-;/m1./s1. The second kappa shape index (κ2) is 12.1. The maximum atomic E-state index is 12.6. The van der Waals surface area contributed by atoms with Gasteiger partial charge in [0.25, 0.3) is 0 Å². The van der Waals surface area contributed by atoms with E-state index in [1.807, 2.05) is 37.5 Å². The molecule has 0 aliphatic carbocycles. The molecule has 2 aromatic heterocycles. The summed E-state index contributed by atoms with van der Waals surface area (Å²) >= 11 is 0. The second-order valence-corrected chi connectivity index (χ2v) is 10.8. The number of carbonyl (C=O) groups is 2. The molecule has 39 heavy (non-hydrogen) atoms. The van der Waals surface area contributed by atoms with Gasteiger partial charge in [-0.25, -0.2) is 0 Å². The monoisotopic (exact) mass is 530 g/mol. The zero-order valence-corrected chi connectivity index (χ0v) is 23.1. The molecule has 0 saturated carbocycles. The normalized spacial score (nSPS) is 17.9. The van der Waals surface area contributed by atoms with Crippen molar-refractivity contribution in [3.05, 3.63) is 59.9 Å². The van der Waals surface area contributed by atoms with Crippen LogP contribution in [0.25, 0.3) is 21.8 Å². The van der Waals surface area contributed by atoms with E-state index in [1.54, 1.807) is 18.2 Å². The van der Waals surface area contributed by atoms with Gasteiger partial charge in [0.2, 0.25) is 0 Å². The number of hydrogen-bond acceptors (Lipinski definition) is 6. The van der Waals surface area contributed by atoms with Gasteiger partial charge < -0.3 is 29.2 Å². The first-order valence-corrected chi connectivity index (χ1v) is 13.8. The van der Waals surface area contributed by atoms with Crippen LogP contribution in [0.2, 0.25) is 0 Å². The number of aromatic amines is 2. The van der Waals surface area contributed by atoms with E-state index < -0.39 is 18.4 Å². The summed E-state index contributed by atoms with van der Waals surface area (Å²) in [5.74, 6) is -0.400. The minimum atomic E-state index is -0.651. The van der Waals surface area contributed by atoms with Crippen molar-refractivity contribution in [2.75, 3.05) is 33.7 Å². The highest BCUT2D eigenvalue weighted by atomic mass is 16.6. The molecule has 4 heterocycles. The third-order valence-electron chi connectivity index (χ3n) is 7.81. The van der Waals surface area contributed by atoms with Crippen molar-refractivity contribution < 1.29 is 19.1 Å². The first-order chi connectivity index (χ1) is 18.9. The number of hydrogen-bond donors (Lipinski definition) is 2. The van der Waals surface area contributed by atoms with Gasteiger partial charge in [-0.15, -0.1) is 0 Å². The molecular formula is C31H38N4O4. The smallest absolute Gasteiger partial charge is 0.322 e. The third-order valence-corrected chi connectivity index (χ3v) is 7.81. The number of aryl methyl sites for hydroxylation is 1. The minimum Gasteiger partial charge on any atom is -0.425 e. The number of H-pyrrole nitrogens is 2. The zero-order valence-electron chi connectivity index (χ0n) is 23.1. The number of carbonyl (C=O) groups excluding carboxylic acids is 2. The topological polar surface area (TPSA) is 90.7 Å². The molecule has 2 aliphatic heterocycles. The van der Waals surface area contributed by atoms with Crippen molar-refractivity contribution in [3.63, 3.8) is 0 Å². The highest BCUT2D eigenvalue weighted by molar-refractivity contribution is 5.98. The Kier molecular flexibility index (Phi) is 8.33. The Morgan fingerprint density at radius 3 is 2.05 bits per heavy atom. The van der Waals surface area contributed by atoms with E-state index in [-0.39, 0.29) is 0 Å². The first kappa shape index (κ1) is 27.0. The molecule has 0 bridgehead atoms. The number of ether oxygens (including phenoxy) is 2. The number of esters is 2. The Morgan fingerprint density at radius 1 is 0.846 bits per heavy atom. The molecule has 1 atom stereocenters. The molecule has 2 fully saturated rings. The van der Waals surface area contributed by atoms with Crippen molar-refractivity contribution in [2.45, 2.75) is 51.5 Å². The lowest BCUT2D eigenvalue weighted by Gasteiger charge is -2.19. The predicted octanol–water partition coefficient (Wildman–Crippen LogP) is 5.21. The fourth-order valence-electron chi connectivity index (χ4n) is 5.67. The van der Waals surface area contributed by atoms with Gasteiger partial charge in [0.15, 0.2) is 0 Å². The van der Waals surface area contributed by atoms with E-state index >= 15 is 0 Å². The van der Waals surface area contributed by atoms with Crippen molar-refractivity contribution in [1.82, 2.24) is 19.8 Å². The number of nitrogens with zero attached hydrogens (tertiary/aromatic N) is 2. The lowest BCUT2D eigenvalue weighted by molar-refractivity contribution is -0.144. The maximum absolute atomic E-state index is 12.6. The summed E-state index contributed by atoms with van der Waals surface area (Å²) in [5, 5.41) is 1.73. The number of fused-ring (bicyclic) bond motifs is 2. The van der Waals surface area contributed by atoms with Crippen LogP contribution in [0, 0.1) is 6.92 Å². The van der Waals surface area contributed by atoms with Crippen LogP contribution in [0.15, 0.2) is 48.8 Å². The van der Waals surface area contributed by atoms with Gasteiger partial charge >= 0.3 is 11.9 Å². The van der Waals surface area contributed by atoms with Crippen LogP contribution in [0.4, 0.5) is 0 Å². The summed E-state index contributed by atoms with van der Waals surface area (Å²) in [6, 6.07) is 11.5. The Balaban J connectivity index is 0.000000455. The minimum absolute atomic E-state index is 0.430. The molecule has 0 unspecified atom stereocenters. The fourth-order valence-corrected chi connectivity index (χ4v) is 5.67. The summed E-state index contributed by atoms with van der Waals surface area (Å²) in [6.07, 6.45) is 9.44. The molecule has 0 spiro atoms. The van der Waals surface area contributed by atoms with Crippen molar-refractivity contribution in [1.29, 1.82) is 0 Å². The Bertz CT molecular complexity index is 1450. The van der Waals surface area contributed by atoms with Crippen LogP contribution in [0.3, 0.4) is 0 Å². The van der Waals surface area contributed by atoms with Gasteiger partial charge in [-0.2, -0.15) is 0 Å². The molecule has 206 valence electrons. The molecule has 2 aliphatic rings. The lowest BCUT2D eigenvalue weighted by Crippen LogP contribution is -2.26. The van der Waals surface area contributed by atoms with Crippen LogP contribution in [-0.4, -0.2) is 71.5 Å². The maximum Gasteiger partial charge on any atom is 0.322 e. The Labute approximate surface area is 229 Å².